The minimum absolute atomic E-state index is 0. The Kier molecular flexibility index (Phi) is 14.9. The molecule has 9 heteroatoms. The fourth-order valence-corrected chi connectivity index (χ4v) is 3.63. The second-order valence-electron chi connectivity index (χ2n) is 9.29. The number of hydrogen-bond acceptors (Lipinski definition) is 2. The van der Waals surface area contributed by atoms with E-state index < -0.39 is 35.0 Å². The number of aromatic hydroxyl groups is 2. The van der Waals surface area contributed by atoms with Crippen LogP contribution in [-0.4, -0.2) is 10.2 Å². The van der Waals surface area contributed by atoms with E-state index in [1.165, 1.54) is 70.5 Å². The van der Waals surface area contributed by atoms with Crippen LogP contribution in [0.2, 0.25) is 0 Å². The van der Waals surface area contributed by atoms with Crippen LogP contribution in [0.25, 0.3) is 0 Å². The Balaban J connectivity index is 0.000000495. The number of phenols is 2. The van der Waals surface area contributed by atoms with Gasteiger partial charge in [-0.2, -0.15) is 26.3 Å². The van der Waals surface area contributed by atoms with E-state index in [1.807, 2.05) is 0 Å². The average molecular weight is 632 g/mol. The fourth-order valence-electron chi connectivity index (χ4n) is 3.63. The minimum atomic E-state index is -4.47. The summed E-state index contributed by atoms with van der Waals surface area (Å²) in [4.78, 5) is 0. The number of benzene rings is 2. The van der Waals surface area contributed by atoms with E-state index in [0.717, 1.165) is 24.3 Å². The van der Waals surface area contributed by atoms with Gasteiger partial charge in [0.2, 0.25) is 0 Å². The standard InChI is InChI=1S/2C8H12.2C7H5F3O.Zr/c2*1-6-4-7(2)8(3)5-6;2*8-7(9,10)5-3-1-2-4-6(5)11;/h2*4H,5H2,1-3H3;2*1-4,11H;. The van der Waals surface area contributed by atoms with Crippen molar-refractivity contribution in [2.24, 2.45) is 0 Å². The molecule has 0 unspecified atom stereocenters. The van der Waals surface area contributed by atoms with Gasteiger partial charge in [0.05, 0.1) is 11.1 Å². The molecule has 2 nitrogen and oxygen atoms in total. The van der Waals surface area contributed by atoms with Crippen LogP contribution in [0.1, 0.15) is 65.5 Å². The van der Waals surface area contributed by atoms with Gasteiger partial charge in [0, 0.05) is 26.2 Å². The second-order valence-corrected chi connectivity index (χ2v) is 9.29. The molecule has 2 aliphatic rings. The van der Waals surface area contributed by atoms with Gasteiger partial charge in [0.1, 0.15) is 11.5 Å². The normalized spacial score (nSPS) is 14.6. The molecule has 0 heterocycles. The van der Waals surface area contributed by atoms with Crippen molar-refractivity contribution in [2.45, 2.75) is 66.7 Å². The fraction of sp³-hybridized carbons (Fsp3) is 0.333. The minimum Gasteiger partial charge on any atom is -0.507 e. The van der Waals surface area contributed by atoms with E-state index in [0.29, 0.717) is 0 Å². The summed E-state index contributed by atoms with van der Waals surface area (Å²) in [7, 11) is 0. The number of halogens is 6. The molecule has 0 radical (unpaired) electrons. The molecule has 0 spiro atoms. The Bertz CT molecular complexity index is 1120. The third kappa shape index (κ3) is 12.9. The maximum Gasteiger partial charge on any atom is 0.419 e. The summed E-state index contributed by atoms with van der Waals surface area (Å²) in [5.41, 5.74) is 6.98. The molecule has 2 N–H and O–H groups in total. The van der Waals surface area contributed by atoms with Crippen LogP contribution in [0.4, 0.5) is 26.3 Å². The van der Waals surface area contributed by atoms with Gasteiger partial charge >= 0.3 is 12.4 Å². The Morgan fingerprint density at radius 3 is 0.949 bits per heavy atom. The number of allylic oxidation sites excluding steroid dienone is 8. The SMILES string of the molecule is CC1=CC(C)=C(C)C1.CC1=CC(C)=C(C)C1.Oc1ccccc1C(F)(F)F.Oc1ccccc1C(F)(F)F.[Zr]. The first kappa shape index (κ1) is 36.5. The number of para-hydroxylation sites is 2. The first-order chi connectivity index (χ1) is 17.4. The number of phenolic OH excluding ortho intramolecular Hbond substituents is 2. The summed E-state index contributed by atoms with van der Waals surface area (Å²) >= 11 is 0. The van der Waals surface area contributed by atoms with Gasteiger partial charge in [-0.15, -0.1) is 0 Å². The molecule has 2 aromatic rings. The van der Waals surface area contributed by atoms with Crippen molar-refractivity contribution in [3.63, 3.8) is 0 Å². The number of hydrogen-bond donors (Lipinski definition) is 2. The van der Waals surface area contributed by atoms with Gasteiger partial charge in [-0.25, -0.2) is 0 Å². The van der Waals surface area contributed by atoms with Crippen LogP contribution < -0.4 is 0 Å². The zero-order valence-corrected chi connectivity index (χ0v) is 25.3. The Labute approximate surface area is 245 Å². The molecule has 0 fully saturated rings. The zero-order chi connectivity index (χ0) is 29.3. The molecule has 39 heavy (non-hydrogen) atoms. The molecule has 0 saturated carbocycles. The molecule has 212 valence electrons. The van der Waals surface area contributed by atoms with E-state index in [2.05, 4.69) is 53.7 Å². The third-order valence-corrected chi connectivity index (χ3v) is 5.78. The summed E-state index contributed by atoms with van der Waals surface area (Å²) in [5, 5.41) is 17.5. The van der Waals surface area contributed by atoms with E-state index >= 15 is 0 Å². The summed E-state index contributed by atoms with van der Waals surface area (Å²) in [6, 6.07) is 8.79. The van der Waals surface area contributed by atoms with E-state index in [1.54, 1.807) is 0 Å². The van der Waals surface area contributed by atoms with Crippen LogP contribution in [-0.2, 0) is 38.6 Å². The maximum atomic E-state index is 11.9. The molecule has 2 aromatic carbocycles. The Morgan fingerprint density at radius 1 is 0.538 bits per heavy atom. The monoisotopic (exact) mass is 630 g/mol. The largest absolute Gasteiger partial charge is 0.507 e. The van der Waals surface area contributed by atoms with Crippen molar-refractivity contribution in [1.82, 2.24) is 0 Å². The van der Waals surface area contributed by atoms with Crippen molar-refractivity contribution in [1.29, 1.82) is 0 Å². The summed E-state index contributed by atoms with van der Waals surface area (Å²) in [6.07, 6.45) is -2.01. The smallest absolute Gasteiger partial charge is 0.419 e. The van der Waals surface area contributed by atoms with Gasteiger partial charge in [0.15, 0.2) is 0 Å². The number of rotatable bonds is 0. The molecule has 0 aromatic heterocycles. The van der Waals surface area contributed by atoms with E-state index in [9.17, 15) is 26.3 Å². The van der Waals surface area contributed by atoms with Gasteiger partial charge in [-0.1, -0.05) is 69.9 Å². The quantitative estimate of drug-likeness (QED) is 0.284. The van der Waals surface area contributed by atoms with Gasteiger partial charge in [0.25, 0.3) is 0 Å². The third-order valence-electron chi connectivity index (χ3n) is 5.78. The predicted molar refractivity (Wildman–Crippen MR) is 140 cm³/mol. The summed E-state index contributed by atoms with van der Waals surface area (Å²) in [6.45, 7) is 13.1. The van der Waals surface area contributed by atoms with E-state index in [4.69, 9.17) is 10.2 Å². The molecular formula is C30H34F6O2Zr. The molecule has 0 aliphatic heterocycles. The molecule has 0 atom stereocenters. The first-order valence-electron chi connectivity index (χ1n) is 11.8. The Hall–Kier alpha value is -2.54. The maximum absolute atomic E-state index is 11.9. The second kappa shape index (κ2) is 15.9. The molecule has 0 amide bonds. The van der Waals surface area contributed by atoms with Crippen molar-refractivity contribution < 1.29 is 62.8 Å². The first-order valence-corrected chi connectivity index (χ1v) is 11.8. The molecule has 0 bridgehead atoms. The zero-order valence-electron chi connectivity index (χ0n) is 22.8. The van der Waals surface area contributed by atoms with Crippen LogP contribution in [0.5, 0.6) is 11.5 Å². The van der Waals surface area contributed by atoms with Crippen LogP contribution >= 0.6 is 0 Å². The molecule has 4 rings (SSSR count). The van der Waals surface area contributed by atoms with Crippen molar-refractivity contribution in [3.05, 3.63) is 105 Å². The van der Waals surface area contributed by atoms with Crippen LogP contribution in [0, 0.1) is 0 Å². The average Bonchev–Trinajstić information content (AvgIpc) is 3.25. The Morgan fingerprint density at radius 2 is 0.821 bits per heavy atom. The van der Waals surface area contributed by atoms with Crippen molar-refractivity contribution in [2.75, 3.05) is 0 Å². The molecule has 0 saturated heterocycles. The van der Waals surface area contributed by atoms with Crippen LogP contribution in [0.3, 0.4) is 0 Å². The number of alkyl halides is 6. The summed E-state index contributed by atoms with van der Waals surface area (Å²) < 4.78 is 71.3. The van der Waals surface area contributed by atoms with Gasteiger partial charge in [-0.3, -0.25) is 0 Å². The topological polar surface area (TPSA) is 40.5 Å². The van der Waals surface area contributed by atoms with Gasteiger partial charge in [-0.05, 0) is 78.6 Å². The van der Waals surface area contributed by atoms with Crippen molar-refractivity contribution in [3.8, 4) is 11.5 Å². The molecule has 2 aliphatic carbocycles. The predicted octanol–water partition coefficient (Wildman–Crippen LogP) is 10.2. The van der Waals surface area contributed by atoms with E-state index in [-0.39, 0.29) is 26.2 Å². The summed E-state index contributed by atoms with van der Waals surface area (Å²) in [5.74, 6) is -1.47. The van der Waals surface area contributed by atoms with Gasteiger partial charge < -0.3 is 10.2 Å². The van der Waals surface area contributed by atoms with Crippen molar-refractivity contribution >= 4 is 0 Å². The van der Waals surface area contributed by atoms with Crippen LogP contribution in [0.15, 0.2) is 94.1 Å². The molecular weight excluding hydrogens is 598 g/mol.